The second kappa shape index (κ2) is 6.63. The molecular formula is C17H28N6O. The maximum absolute atomic E-state index is 5.84. The van der Waals surface area contributed by atoms with Crippen molar-refractivity contribution in [1.29, 1.82) is 0 Å². The van der Waals surface area contributed by atoms with E-state index < -0.39 is 0 Å². The van der Waals surface area contributed by atoms with Gasteiger partial charge in [-0.15, -0.1) is 10.2 Å². The van der Waals surface area contributed by atoms with Gasteiger partial charge in [-0.3, -0.25) is 4.90 Å². The first kappa shape index (κ1) is 17.1. The fourth-order valence-corrected chi connectivity index (χ4v) is 3.23. The van der Waals surface area contributed by atoms with Gasteiger partial charge in [0.2, 0.25) is 11.8 Å². The van der Waals surface area contributed by atoms with E-state index in [0.717, 1.165) is 37.8 Å². The van der Waals surface area contributed by atoms with Crippen LogP contribution in [-0.4, -0.2) is 43.0 Å². The van der Waals surface area contributed by atoms with Gasteiger partial charge in [0.25, 0.3) is 0 Å². The van der Waals surface area contributed by atoms with Crippen LogP contribution in [0.4, 0.5) is 0 Å². The van der Waals surface area contributed by atoms with Gasteiger partial charge in [-0.2, -0.15) is 5.10 Å². The molecule has 3 rings (SSSR count). The highest BCUT2D eigenvalue weighted by Crippen LogP contribution is 2.23. The predicted molar refractivity (Wildman–Crippen MR) is 90.5 cm³/mol. The highest BCUT2D eigenvalue weighted by atomic mass is 16.4. The van der Waals surface area contributed by atoms with Crippen LogP contribution >= 0.6 is 0 Å². The lowest BCUT2D eigenvalue weighted by Crippen LogP contribution is -2.37. The van der Waals surface area contributed by atoms with Crippen molar-refractivity contribution in [3.8, 4) is 0 Å². The third-order valence-electron chi connectivity index (χ3n) is 4.46. The molecule has 0 aliphatic carbocycles. The first-order valence-electron chi connectivity index (χ1n) is 8.74. The molecule has 0 radical (unpaired) electrons. The first-order valence-corrected chi connectivity index (χ1v) is 8.74. The summed E-state index contributed by atoms with van der Waals surface area (Å²) in [5, 5.41) is 12.9. The second-order valence-electron chi connectivity index (χ2n) is 7.88. The molecule has 7 nitrogen and oxygen atoms in total. The van der Waals surface area contributed by atoms with E-state index in [1.54, 1.807) is 0 Å². The van der Waals surface area contributed by atoms with Crippen molar-refractivity contribution in [3.63, 3.8) is 0 Å². The van der Waals surface area contributed by atoms with Gasteiger partial charge < -0.3 is 4.42 Å². The Hall–Kier alpha value is -1.76. The van der Waals surface area contributed by atoms with Crippen molar-refractivity contribution < 1.29 is 4.42 Å². The molecule has 7 heteroatoms. The van der Waals surface area contributed by atoms with Crippen LogP contribution in [0.3, 0.4) is 0 Å². The van der Waals surface area contributed by atoms with E-state index in [4.69, 9.17) is 4.42 Å². The highest BCUT2D eigenvalue weighted by molar-refractivity contribution is 4.96. The SMILES string of the molecule is Cc1nc(C)n(C[C@H]2CCCN(Cc3nnc(C(C)(C)C)o3)C2)n1. The van der Waals surface area contributed by atoms with Crippen LogP contribution in [0.1, 0.15) is 57.0 Å². The van der Waals surface area contributed by atoms with Crippen molar-refractivity contribution in [1.82, 2.24) is 29.9 Å². The van der Waals surface area contributed by atoms with Gasteiger partial charge >= 0.3 is 0 Å². The van der Waals surface area contributed by atoms with E-state index in [1.807, 2.05) is 18.5 Å². The average Bonchev–Trinajstić information content (AvgIpc) is 3.06. The third-order valence-corrected chi connectivity index (χ3v) is 4.46. The fourth-order valence-electron chi connectivity index (χ4n) is 3.23. The Morgan fingerprint density at radius 2 is 2.00 bits per heavy atom. The molecule has 0 bridgehead atoms. The Morgan fingerprint density at radius 3 is 2.62 bits per heavy atom. The zero-order valence-electron chi connectivity index (χ0n) is 15.4. The molecule has 0 unspecified atom stereocenters. The van der Waals surface area contributed by atoms with E-state index in [-0.39, 0.29) is 5.41 Å². The summed E-state index contributed by atoms with van der Waals surface area (Å²) in [5.41, 5.74) is -0.0990. The standard InChI is InChI=1S/C17H28N6O/c1-12-18-13(2)23(21-12)10-14-7-6-8-22(9-14)11-15-19-20-16(24-15)17(3,4)5/h14H,6-11H2,1-5H3/t14-/m0/s1. The summed E-state index contributed by atoms with van der Waals surface area (Å²) in [5.74, 6) is 3.86. The van der Waals surface area contributed by atoms with Crippen LogP contribution in [0.5, 0.6) is 0 Å². The molecule has 1 fully saturated rings. The molecule has 0 aromatic carbocycles. The van der Waals surface area contributed by atoms with Crippen molar-refractivity contribution in [2.45, 2.75) is 66.0 Å². The van der Waals surface area contributed by atoms with Crippen molar-refractivity contribution in [2.75, 3.05) is 13.1 Å². The van der Waals surface area contributed by atoms with Crippen LogP contribution < -0.4 is 0 Å². The molecule has 2 aromatic rings. The number of nitrogens with zero attached hydrogens (tertiary/aromatic N) is 6. The van der Waals surface area contributed by atoms with Gasteiger partial charge in [0.15, 0.2) is 0 Å². The van der Waals surface area contributed by atoms with Crippen LogP contribution in [0.15, 0.2) is 4.42 Å². The van der Waals surface area contributed by atoms with Gasteiger partial charge in [0.05, 0.1) is 6.54 Å². The van der Waals surface area contributed by atoms with Crippen molar-refractivity contribution >= 4 is 0 Å². The van der Waals surface area contributed by atoms with Gasteiger partial charge in [-0.05, 0) is 39.2 Å². The molecule has 132 valence electrons. The summed E-state index contributed by atoms with van der Waals surface area (Å²) in [6, 6.07) is 0. The number of likely N-dealkylation sites (tertiary alicyclic amines) is 1. The van der Waals surface area contributed by atoms with Gasteiger partial charge in [0.1, 0.15) is 11.6 Å². The Kier molecular flexibility index (Phi) is 4.71. The van der Waals surface area contributed by atoms with Crippen molar-refractivity contribution in [3.05, 3.63) is 23.4 Å². The monoisotopic (exact) mass is 332 g/mol. The Labute approximate surface area is 143 Å². The summed E-state index contributed by atoms with van der Waals surface area (Å²) in [7, 11) is 0. The molecule has 2 aromatic heterocycles. The van der Waals surface area contributed by atoms with Crippen LogP contribution in [0, 0.1) is 19.8 Å². The summed E-state index contributed by atoms with van der Waals surface area (Å²) in [6.45, 7) is 14.0. The topological polar surface area (TPSA) is 72.9 Å². The predicted octanol–water partition coefficient (Wildman–Crippen LogP) is 2.49. The van der Waals surface area contributed by atoms with Crippen LogP contribution in [0.25, 0.3) is 0 Å². The Balaban J connectivity index is 1.59. The number of rotatable bonds is 4. The average molecular weight is 332 g/mol. The van der Waals surface area contributed by atoms with Gasteiger partial charge in [0, 0.05) is 18.5 Å². The molecule has 0 spiro atoms. The van der Waals surface area contributed by atoms with E-state index in [9.17, 15) is 0 Å². The quantitative estimate of drug-likeness (QED) is 0.856. The van der Waals surface area contributed by atoms with E-state index in [1.165, 1.54) is 12.8 Å². The van der Waals surface area contributed by atoms with Crippen LogP contribution in [-0.2, 0) is 18.5 Å². The fraction of sp³-hybridized carbons (Fsp3) is 0.765. The number of aromatic nitrogens is 5. The molecule has 24 heavy (non-hydrogen) atoms. The van der Waals surface area contributed by atoms with Gasteiger partial charge in [-0.1, -0.05) is 20.8 Å². The lowest BCUT2D eigenvalue weighted by Gasteiger charge is -2.31. The van der Waals surface area contributed by atoms with Crippen molar-refractivity contribution in [2.24, 2.45) is 5.92 Å². The lowest BCUT2D eigenvalue weighted by molar-refractivity contribution is 0.140. The van der Waals surface area contributed by atoms with E-state index in [2.05, 4.69) is 46.0 Å². The second-order valence-corrected chi connectivity index (χ2v) is 7.88. The normalized spacial score (nSPS) is 19.8. The Bertz CT molecular complexity index is 684. The maximum Gasteiger partial charge on any atom is 0.230 e. The highest BCUT2D eigenvalue weighted by Gasteiger charge is 2.25. The Morgan fingerprint density at radius 1 is 1.21 bits per heavy atom. The number of hydrogen-bond acceptors (Lipinski definition) is 6. The molecule has 0 amide bonds. The number of aryl methyl sites for hydroxylation is 2. The summed E-state index contributed by atoms with van der Waals surface area (Å²) < 4.78 is 7.87. The number of piperidine rings is 1. The van der Waals surface area contributed by atoms with E-state index in [0.29, 0.717) is 17.7 Å². The molecule has 1 saturated heterocycles. The maximum atomic E-state index is 5.84. The summed E-state index contributed by atoms with van der Waals surface area (Å²) in [6.07, 6.45) is 2.42. The lowest BCUT2D eigenvalue weighted by atomic mass is 9.97. The summed E-state index contributed by atoms with van der Waals surface area (Å²) >= 11 is 0. The molecule has 0 N–H and O–H groups in total. The minimum atomic E-state index is -0.0990. The molecule has 1 aliphatic rings. The minimum absolute atomic E-state index is 0.0990. The molecule has 1 atom stereocenters. The van der Waals surface area contributed by atoms with E-state index >= 15 is 0 Å². The molecule has 3 heterocycles. The first-order chi connectivity index (χ1) is 11.3. The van der Waals surface area contributed by atoms with Crippen LogP contribution in [0.2, 0.25) is 0 Å². The smallest absolute Gasteiger partial charge is 0.230 e. The zero-order valence-corrected chi connectivity index (χ0v) is 15.4. The van der Waals surface area contributed by atoms with Gasteiger partial charge in [-0.25, -0.2) is 9.67 Å². The molecular weight excluding hydrogens is 304 g/mol. The number of hydrogen-bond donors (Lipinski definition) is 0. The molecule has 0 saturated carbocycles. The minimum Gasteiger partial charge on any atom is -0.423 e. The molecule has 1 aliphatic heterocycles. The summed E-state index contributed by atoms with van der Waals surface area (Å²) in [4.78, 5) is 6.80. The third kappa shape index (κ3) is 4.01. The largest absolute Gasteiger partial charge is 0.423 e. The zero-order chi connectivity index (χ0) is 17.3.